The monoisotopic (exact) mass is 1180 g/mol. The molecule has 1 heterocycles. The molecule has 18 atom stereocenters. The fourth-order valence-electron chi connectivity index (χ4n) is 21.0. The van der Waals surface area contributed by atoms with Crippen LogP contribution in [-0.4, -0.2) is 60.9 Å². The number of fused-ring (bicyclic) bond motifs is 15. The summed E-state index contributed by atoms with van der Waals surface area (Å²) < 4.78 is 83.0. The van der Waals surface area contributed by atoms with Crippen molar-refractivity contribution < 1.29 is 59.2 Å². The number of ether oxygens (including phenoxy) is 3. The summed E-state index contributed by atoms with van der Waals surface area (Å²) in [6, 6.07) is 4.30. The minimum absolute atomic E-state index is 0.0252. The van der Waals surface area contributed by atoms with Gasteiger partial charge in [0, 0.05) is 69.7 Å². The first-order valence-corrected chi connectivity index (χ1v) is 33.4. The Morgan fingerprint density at radius 2 is 0.929 bits per heavy atom. The Kier molecular flexibility index (Phi) is 16.2. The zero-order valence-electron chi connectivity index (χ0n) is 51.3. The number of esters is 3. The number of carbonyl (C=O) groups is 4. The average Bonchev–Trinajstić information content (AvgIpc) is 1.44. The van der Waals surface area contributed by atoms with Gasteiger partial charge in [-0.15, -0.1) is 0 Å². The predicted molar refractivity (Wildman–Crippen MR) is 314 cm³/mol. The minimum Gasteiger partial charge on any atom is -0.462 e. The van der Waals surface area contributed by atoms with Crippen molar-refractivity contribution in [1.82, 2.24) is 4.98 Å². The second-order valence-electron chi connectivity index (χ2n) is 29.4. The molecule has 0 radical (unpaired) electrons. The summed E-state index contributed by atoms with van der Waals surface area (Å²) in [5, 5.41) is 0. The lowest BCUT2D eigenvalue weighted by Crippen LogP contribution is -2.50. The van der Waals surface area contributed by atoms with Gasteiger partial charge in [0.05, 0.1) is 0 Å². The summed E-state index contributed by atoms with van der Waals surface area (Å²) in [7, 11) is -5.67. The maximum atomic E-state index is 12.9. The van der Waals surface area contributed by atoms with Crippen molar-refractivity contribution in [3.05, 3.63) is 82.9 Å². The standard InChI is InChI=1S/C26H33NO2.C22H29F3O5S.C21H30O3/c1-17(28)29-20-10-12-25(2)19(15-20)6-7-21-23-9-8-22(18-5-4-14-27-16-18)26(23,3)13-11-24(21)25;1-13(26)29-15-8-10-20(2)14(12-15)4-5-16-17-6-7-19(21(17,3)11-9-18(16)20)30-31(27,28)22(23,24)25;1-13(22)24-15-8-10-20(2)14(12-15)4-5-16-17-6-7-19(23)21(17,3)11-9-18(16)20/h4-6,8,14,16,20-21,23-24H,7,9-13,15H2,1-3H3;4,7,15-18H,5-6,8-12H2,1-3H3;4,15-18H,5-12H2,1-3H3/t20-,21?,23?,24?,25-,26+;2*15-,16?,17?,18?,20-,21-/m000/s1. The fourth-order valence-corrected chi connectivity index (χ4v) is 21.6. The van der Waals surface area contributed by atoms with Crippen molar-refractivity contribution in [2.45, 2.75) is 227 Å². The molecule has 13 rings (SSSR count). The molecule has 0 aromatic carbocycles. The average molecular weight is 1180 g/mol. The van der Waals surface area contributed by atoms with Crippen LogP contribution in [0.15, 0.2) is 77.4 Å². The van der Waals surface area contributed by atoms with Crippen molar-refractivity contribution >= 4 is 39.4 Å². The van der Waals surface area contributed by atoms with Crippen molar-refractivity contribution in [3.63, 3.8) is 0 Å². The minimum atomic E-state index is -5.67. The van der Waals surface area contributed by atoms with Gasteiger partial charge in [0.1, 0.15) is 29.9 Å². The van der Waals surface area contributed by atoms with Crippen LogP contribution in [0, 0.1) is 85.8 Å². The van der Waals surface area contributed by atoms with Crippen molar-refractivity contribution in [2.24, 2.45) is 85.8 Å². The van der Waals surface area contributed by atoms with Gasteiger partial charge in [-0.2, -0.15) is 21.6 Å². The quantitative estimate of drug-likeness (QED) is 0.0879. The van der Waals surface area contributed by atoms with E-state index in [9.17, 15) is 40.8 Å². The number of Topliss-reactive ketones (excluding diaryl/α,β-unsaturated/α-hetero) is 1. The van der Waals surface area contributed by atoms with Gasteiger partial charge in [-0.05, 0) is 214 Å². The topological polar surface area (TPSA) is 152 Å². The normalized spacial score (nSPS) is 42.4. The highest BCUT2D eigenvalue weighted by Crippen LogP contribution is 2.69. The number of carbonyl (C=O) groups excluding carboxylic acids is 4. The van der Waals surface area contributed by atoms with Crippen LogP contribution < -0.4 is 0 Å². The third kappa shape index (κ3) is 10.5. The molecule has 15 heteroatoms. The molecule has 0 saturated heterocycles. The lowest BCUT2D eigenvalue weighted by molar-refractivity contribution is -0.149. The van der Waals surface area contributed by atoms with E-state index in [1.807, 2.05) is 19.3 Å². The number of allylic oxidation sites excluding steroid dienone is 7. The van der Waals surface area contributed by atoms with Crippen LogP contribution in [0.1, 0.15) is 209 Å². The van der Waals surface area contributed by atoms with Gasteiger partial charge in [-0.1, -0.05) is 88.6 Å². The van der Waals surface area contributed by atoms with Crippen LogP contribution in [0.5, 0.6) is 0 Å². The van der Waals surface area contributed by atoms with Gasteiger partial charge in [-0.25, -0.2) is 0 Å². The highest BCUT2D eigenvalue weighted by Gasteiger charge is 2.62. The maximum absolute atomic E-state index is 12.9. The lowest BCUT2D eigenvalue weighted by atomic mass is 9.47. The smallest absolute Gasteiger partial charge is 0.462 e. The molecule has 1 aromatic heterocycles. The van der Waals surface area contributed by atoms with Crippen LogP contribution in [-0.2, 0) is 47.7 Å². The first-order chi connectivity index (χ1) is 39.5. The van der Waals surface area contributed by atoms with E-state index in [0.29, 0.717) is 42.3 Å². The van der Waals surface area contributed by atoms with Crippen LogP contribution in [0.25, 0.3) is 5.57 Å². The third-order valence-corrected chi connectivity index (χ3v) is 26.4. The summed E-state index contributed by atoms with van der Waals surface area (Å²) in [5.41, 5.74) is 1.87. The molecule has 7 fully saturated rings. The van der Waals surface area contributed by atoms with Gasteiger partial charge in [0.15, 0.2) is 0 Å². The first kappa shape index (κ1) is 61.1. The molecule has 0 spiro atoms. The van der Waals surface area contributed by atoms with E-state index in [-0.39, 0.29) is 80.9 Å². The van der Waals surface area contributed by atoms with E-state index in [0.717, 1.165) is 114 Å². The van der Waals surface area contributed by atoms with E-state index in [1.165, 1.54) is 75.2 Å². The van der Waals surface area contributed by atoms with E-state index in [4.69, 9.17) is 14.2 Å². The molecule has 7 saturated carbocycles. The van der Waals surface area contributed by atoms with Gasteiger partial charge in [0.2, 0.25) is 0 Å². The molecule has 11 nitrogen and oxygen atoms in total. The van der Waals surface area contributed by atoms with E-state index in [2.05, 4.69) is 80.2 Å². The number of hydrogen-bond acceptors (Lipinski definition) is 11. The summed E-state index contributed by atoms with van der Waals surface area (Å²) in [4.78, 5) is 50.9. The summed E-state index contributed by atoms with van der Waals surface area (Å²) >= 11 is 0. The summed E-state index contributed by atoms with van der Waals surface area (Å²) in [6.45, 7) is 18.3. The molecule has 0 N–H and O–H groups in total. The zero-order valence-corrected chi connectivity index (χ0v) is 52.1. The predicted octanol–water partition coefficient (Wildman–Crippen LogP) is 15.7. The summed E-state index contributed by atoms with van der Waals surface area (Å²) in [5.74, 6) is 4.81. The van der Waals surface area contributed by atoms with E-state index in [1.54, 1.807) is 11.6 Å². The van der Waals surface area contributed by atoms with E-state index < -0.39 is 21.0 Å². The number of aromatic nitrogens is 1. The Balaban J connectivity index is 0.000000133. The number of rotatable bonds is 6. The molecule has 1 aromatic rings. The summed E-state index contributed by atoms with van der Waals surface area (Å²) in [6.07, 6.45) is 36.8. The number of pyridine rings is 1. The molecule has 0 aliphatic heterocycles. The Morgan fingerprint density at radius 3 is 1.37 bits per heavy atom. The largest absolute Gasteiger partial charge is 0.534 e. The molecular weight excluding hydrogens is 1090 g/mol. The van der Waals surface area contributed by atoms with Crippen LogP contribution in [0.4, 0.5) is 13.2 Å². The SMILES string of the molecule is CC(=O)O[C@H]1CC[C@@]2(C)C(=CCC3C2CC[C@]2(C)C(=O)CCC32)C1.CC(=O)O[C@H]1CC[C@@]2(C)C(=CCC3C2CC[C@]2(C)C(OS(=O)(=O)C(F)(F)F)=CCC32)C1.CC(=O)O[C@H]1CC[C@@]2(C)C(=CCC3C2CC[C@]2(C)C(c4cccnc4)=CCC32)C1. The molecular formula is C69H92F3NO10S. The Labute approximate surface area is 497 Å². The van der Waals surface area contributed by atoms with Crippen LogP contribution in [0.2, 0.25) is 0 Å². The molecule has 0 amide bonds. The molecule has 84 heavy (non-hydrogen) atoms. The Hall–Kier alpha value is -4.53. The molecule has 9 unspecified atom stereocenters. The molecule has 0 bridgehead atoms. The van der Waals surface area contributed by atoms with Crippen molar-refractivity contribution in [1.29, 1.82) is 0 Å². The number of hydrogen-bond donors (Lipinski definition) is 0. The fraction of sp³-hybridized carbons (Fsp3) is 0.725. The van der Waals surface area contributed by atoms with Crippen LogP contribution >= 0.6 is 0 Å². The number of ketones is 1. The van der Waals surface area contributed by atoms with Crippen LogP contribution in [0.3, 0.4) is 0 Å². The Morgan fingerprint density at radius 1 is 0.524 bits per heavy atom. The van der Waals surface area contributed by atoms with Gasteiger partial charge >= 0.3 is 33.5 Å². The number of nitrogens with zero attached hydrogens (tertiary/aromatic N) is 1. The molecule has 12 aliphatic rings. The number of alkyl halides is 3. The lowest BCUT2D eigenvalue weighted by Gasteiger charge is -2.57. The third-order valence-electron chi connectivity index (χ3n) is 25.4. The maximum Gasteiger partial charge on any atom is 0.534 e. The highest BCUT2D eigenvalue weighted by atomic mass is 32.2. The first-order valence-electron chi connectivity index (χ1n) is 32.0. The van der Waals surface area contributed by atoms with Gasteiger partial charge in [-0.3, -0.25) is 24.2 Å². The van der Waals surface area contributed by atoms with Crippen molar-refractivity contribution in [3.8, 4) is 0 Å². The second-order valence-corrected chi connectivity index (χ2v) is 31.0. The highest BCUT2D eigenvalue weighted by molar-refractivity contribution is 7.87. The second kappa shape index (κ2) is 22.3. The molecule has 460 valence electrons. The zero-order chi connectivity index (χ0) is 60.2. The Bertz CT molecular complexity index is 3060. The van der Waals surface area contributed by atoms with E-state index >= 15 is 0 Å². The van der Waals surface area contributed by atoms with Crippen molar-refractivity contribution in [2.75, 3.05) is 0 Å². The van der Waals surface area contributed by atoms with Gasteiger partial charge < -0.3 is 18.4 Å². The molecule has 12 aliphatic carbocycles. The number of halogens is 3. The van der Waals surface area contributed by atoms with Gasteiger partial charge in [0.25, 0.3) is 0 Å².